The quantitative estimate of drug-likeness (QED) is 0.903. The Morgan fingerprint density at radius 3 is 2.65 bits per heavy atom. The fourth-order valence-corrected chi connectivity index (χ4v) is 3.85. The number of rotatable bonds is 4. The molecule has 2 rings (SSSR count). The van der Waals surface area contributed by atoms with Crippen molar-refractivity contribution in [2.75, 3.05) is 7.05 Å². The van der Waals surface area contributed by atoms with Crippen LogP contribution in [0.5, 0.6) is 0 Å². The van der Waals surface area contributed by atoms with Crippen LogP contribution in [0.2, 0.25) is 0 Å². The Kier molecular flexibility index (Phi) is 4.21. The number of hydrogen-bond donors (Lipinski definition) is 1. The molecular weight excluding hydrogens is 356 g/mol. The van der Waals surface area contributed by atoms with Crippen LogP contribution in [0.4, 0.5) is 8.78 Å². The molecule has 0 aliphatic heterocycles. The lowest BCUT2D eigenvalue weighted by Crippen LogP contribution is -2.28. The summed E-state index contributed by atoms with van der Waals surface area (Å²) in [5, 5.41) is 0. The van der Waals surface area contributed by atoms with E-state index in [1.807, 2.05) is 0 Å². The van der Waals surface area contributed by atoms with Crippen LogP contribution < -0.4 is 0 Å². The lowest BCUT2D eigenvalue weighted by atomic mass is 10.3. The van der Waals surface area contributed by atoms with E-state index in [1.54, 1.807) is 6.20 Å². The van der Waals surface area contributed by atoms with E-state index in [0.717, 1.165) is 10.4 Å². The molecule has 0 unspecified atom stereocenters. The van der Waals surface area contributed by atoms with Gasteiger partial charge in [0.1, 0.15) is 22.4 Å². The van der Waals surface area contributed by atoms with Crippen molar-refractivity contribution in [1.29, 1.82) is 0 Å². The number of nitrogens with one attached hydrogen (secondary N) is 1. The van der Waals surface area contributed by atoms with Gasteiger partial charge in [0.05, 0.1) is 6.54 Å². The Morgan fingerprint density at radius 1 is 1.40 bits per heavy atom. The molecule has 20 heavy (non-hydrogen) atoms. The minimum atomic E-state index is -4.11. The Hall–Kier alpha value is -1.32. The average molecular weight is 366 g/mol. The minimum Gasteiger partial charge on any atom is -0.347 e. The third-order valence-electron chi connectivity index (χ3n) is 2.56. The van der Waals surface area contributed by atoms with Gasteiger partial charge in [0.15, 0.2) is 0 Å². The molecule has 1 aromatic heterocycles. The molecule has 1 aromatic carbocycles. The summed E-state index contributed by atoms with van der Waals surface area (Å²) >= 11 is 2.87. The highest BCUT2D eigenvalue weighted by molar-refractivity contribution is 9.10. The van der Waals surface area contributed by atoms with Crippen LogP contribution in [-0.2, 0) is 16.6 Å². The monoisotopic (exact) mass is 365 g/mol. The number of H-pyrrole nitrogens is 1. The van der Waals surface area contributed by atoms with E-state index in [4.69, 9.17) is 0 Å². The predicted molar refractivity (Wildman–Crippen MR) is 71.3 cm³/mol. The number of sulfonamides is 1. The van der Waals surface area contributed by atoms with Crippen molar-refractivity contribution >= 4 is 26.0 Å². The molecule has 0 amide bonds. The topological polar surface area (TPSA) is 66.1 Å². The van der Waals surface area contributed by atoms with Gasteiger partial charge in [0.2, 0.25) is 10.0 Å². The first-order chi connectivity index (χ1) is 9.32. The molecule has 1 heterocycles. The molecule has 0 saturated heterocycles. The first kappa shape index (κ1) is 15.1. The van der Waals surface area contributed by atoms with E-state index in [0.29, 0.717) is 11.9 Å². The zero-order valence-corrected chi connectivity index (χ0v) is 12.7. The van der Waals surface area contributed by atoms with E-state index in [1.165, 1.54) is 13.2 Å². The van der Waals surface area contributed by atoms with E-state index < -0.39 is 26.6 Å². The number of nitrogens with zero attached hydrogens (tertiary/aromatic N) is 2. The molecule has 5 nitrogen and oxygen atoms in total. The van der Waals surface area contributed by atoms with Crippen molar-refractivity contribution in [2.24, 2.45) is 0 Å². The molecule has 9 heteroatoms. The standard InChI is InChI=1S/C11H10BrF2N3O2S/c1-17(6-10-15-2-3-16-10)20(18,19)11-8(12)4-7(13)5-9(11)14/h2-5H,6H2,1H3,(H,15,16). The van der Waals surface area contributed by atoms with Crippen molar-refractivity contribution in [3.63, 3.8) is 0 Å². The molecule has 0 spiro atoms. The largest absolute Gasteiger partial charge is 0.347 e. The molecule has 0 atom stereocenters. The minimum absolute atomic E-state index is 0.0570. The maximum absolute atomic E-state index is 13.7. The number of imidazole rings is 1. The van der Waals surface area contributed by atoms with Crippen LogP contribution in [0.3, 0.4) is 0 Å². The second-order valence-corrected chi connectivity index (χ2v) is 6.83. The van der Waals surface area contributed by atoms with Gasteiger partial charge in [-0.05, 0) is 22.0 Å². The number of halogens is 3. The van der Waals surface area contributed by atoms with Crippen LogP contribution in [0, 0.1) is 11.6 Å². The second-order valence-electron chi connectivity index (χ2n) is 4.00. The van der Waals surface area contributed by atoms with Crippen molar-refractivity contribution in [3.8, 4) is 0 Å². The third-order valence-corrected chi connectivity index (χ3v) is 5.33. The normalized spacial score (nSPS) is 12.1. The van der Waals surface area contributed by atoms with Gasteiger partial charge in [-0.1, -0.05) is 0 Å². The summed E-state index contributed by atoms with van der Waals surface area (Å²) < 4.78 is 52.1. The summed E-state index contributed by atoms with van der Waals surface area (Å²) in [6.45, 7) is -0.0570. The Labute approximate surface area is 122 Å². The summed E-state index contributed by atoms with van der Waals surface area (Å²) in [6, 6.07) is 1.43. The van der Waals surface area contributed by atoms with E-state index in [9.17, 15) is 17.2 Å². The molecular formula is C11H10BrF2N3O2S. The SMILES string of the molecule is CN(Cc1ncc[nH]1)S(=O)(=O)c1c(F)cc(F)cc1Br. The number of aromatic nitrogens is 2. The number of hydrogen-bond acceptors (Lipinski definition) is 3. The zero-order chi connectivity index (χ0) is 14.9. The van der Waals surface area contributed by atoms with Gasteiger partial charge in [-0.3, -0.25) is 0 Å². The number of benzene rings is 1. The Morgan fingerprint density at radius 2 is 2.10 bits per heavy atom. The van der Waals surface area contributed by atoms with Gasteiger partial charge in [-0.25, -0.2) is 22.2 Å². The van der Waals surface area contributed by atoms with E-state index >= 15 is 0 Å². The maximum Gasteiger partial charge on any atom is 0.247 e. The molecule has 0 fully saturated rings. The van der Waals surface area contributed by atoms with E-state index in [-0.39, 0.29) is 11.0 Å². The van der Waals surface area contributed by atoms with Gasteiger partial charge >= 0.3 is 0 Å². The summed E-state index contributed by atoms with van der Waals surface area (Å²) in [5.74, 6) is -1.60. The summed E-state index contributed by atoms with van der Waals surface area (Å²) in [5.41, 5.74) is 0. The Balaban J connectivity index is 2.40. The molecule has 0 aliphatic rings. The highest BCUT2D eigenvalue weighted by atomic mass is 79.9. The average Bonchev–Trinajstić information content (AvgIpc) is 2.79. The maximum atomic E-state index is 13.7. The van der Waals surface area contributed by atoms with Gasteiger partial charge < -0.3 is 4.98 Å². The molecule has 2 aromatic rings. The lowest BCUT2D eigenvalue weighted by molar-refractivity contribution is 0.450. The Bertz CT molecular complexity index is 696. The highest BCUT2D eigenvalue weighted by Gasteiger charge is 2.28. The summed E-state index contributed by atoms with van der Waals surface area (Å²) in [6.07, 6.45) is 3.02. The lowest BCUT2D eigenvalue weighted by Gasteiger charge is -2.17. The summed E-state index contributed by atoms with van der Waals surface area (Å²) in [7, 11) is -2.82. The smallest absolute Gasteiger partial charge is 0.247 e. The van der Waals surface area contributed by atoms with Crippen LogP contribution in [-0.4, -0.2) is 29.7 Å². The highest BCUT2D eigenvalue weighted by Crippen LogP contribution is 2.28. The van der Waals surface area contributed by atoms with Gasteiger partial charge in [0, 0.05) is 30.0 Å². The van der Waals surface area contributed by atoms with Gasteiger partial charge in [-0.15, -0.1) is 0 Å². The van der Waals surface area contributed by atoms with E-state index in [2.05, 4.69) is 25.9 Å². The molecule has 0 aliphatic carbocycles. The summed E-state index contributed by atoms with van der Waals surface area (Å²) in [4.78, 5) is 6.04. The predicted octanol–water partition coefficient (Wildman–Crippen LogP) is 2.27. The van der Waals surface area contributed by atoms with Crippen molar-refractivity contribution < 1.29 is 17.2 Å². The zero-order valence-electron chi connectivity index (χ0n) is 10.3. The fraction of sp³-hybridized carbons (Fsp3) is 0.182. The molecule has 0 radical (unpaired) electrons. The van der Waals surface area contributed by atoms with Crippen molar-refractivity contribution in [3.05, 3.63) is 46.5 Å². The fourth-order valence-electron chi connectivity index (χ4n) is 1.61. The van der Waals surface area contributed by atoms with Gasteiger partial charge in [-0.2, -0.15) is 4.31 Å². The third kappa shape index (κ3) is 2.89. The first-order valence-electron chi connectivity index (χ1n) is 5.41. The number of aromatic amines is 1. The first-order valence-corrected chi connectivity index (χ1v) is 7.65. The van der Waals surface area contributed by atoms with Crippen molar-refractivity contribution in [2.45, 2.75) is 11.4 Å². The second kappa shape index (κ2) is 5.58. The van der Waals surface area contributed by atoms with Crippen LogP contribution in [0.1, 0.15) is 5.82 Å². The molecule has 108 valence electrons. The molecule has 0 saturated carbocycles. The molecule has 1 N–H and O–H groups in total. The van der Waals surface area contributed by atoms with Gasteiger partial charge in [0.25, 0.3) is 0 Å². The van der Waals surface area contributed by atoms with Crippen LogP contribution in [0.15, 0.2) is 33.9 Å². The van der Waals surface area contributed by atoms with Crippen LogP contribution >= 0.6 is 15.9 Å². The van der Waals surface area contributed by atoms with Crippen LogP contribution in [0.25, 0.3) is 0 Å². The molecule has 0 bridgehead atoms. The van der Waals surface area contributed by atoms with Crippen molar-refractivity contribution in [1.82, 2.24) is 14.3 Å².